The first-order valence-corrected chi connectivity index (χ1v) is 34.0. The molecule has 1 heterocycles. The Balaban J connectivity index is 2.67. The van der Waals surface area contributed by atoms with Crippen molar-refractivity contribution in [3.63, 3.8) is 0 Å². The lowest BCUT2D eigenvalue weighted by Crippen LogP contribution is -2.61. The summed E-state index contributed by atoms with van der Waals surface area (Å²) in [5.74, 6) is -1.23. The van der Waals surface area contributed by atoms with E-state index >= 15 is 0 Å². The smallest absolute Gasteiger partial charge is 0.306 e. The molecule has 0 spiro atoms. The highest BCUT2D eigenvalue weighted by molar-refractivity contribution is 5.80. The molecule has 11 nitrogen and oxygen atoms in total. The molecule has 85 heavy (non-hydrogen) atoms. The summed E-state index contributed by atoms with van der Waals surface area (Å²) in [6.45, 7) is 5.55. The third-order valence-electron chi connectivity index (χ3n) is 15.0. The zero-order valence-corrected chi connectivity index (χ0v) is 53.7. The Bertz CT molecular complexity index is 1890. The third kappa shape index (κ3) is 47.5. The predicted octanol–water partition coefficient (Wildman–Crippen LogP) is 17.2. The first-order valence-electron chi connectivity index (χ1n) is 34.0. The maximum absolute atomic E-state index is 13.5. The van der Waals surface area contributed by atoms with Gasteiger partial charge in [0.25, 0.3) is 0 Å². The van der Waals surface area contributed by atoms with Crippen LogP contribution in [-0.2, 0) is 23.8 Å². The van der Waals surface area contributed by atoms with E-state index in [9.17, 15) is 35.1 Å². The number of hydrogen-bond donors (Lipinski definition) is 6. The van der Waals surface area contributed by atoms with Gasteiger partial charge < -0.3 is 45.1 Å². The summed E-state index contributed by atoms with van der Waals surface area (Å²) < 4.78 is 17.7. The van der Waals surface area contributed by atoms with Crippen LogP contribution in [0.4, 0.5) is 0 Å². The fourth-order valence-electron chi connectivity index (χ4n) is 9.76. The van der Waals surface area contributed by atoms with Gasteiger partial charge in [0.05, 0.1) is 25.4 Å². The van der Waals surface area contributed by atoms with Gasteiger partial charge in [0, 0.05) is 6.42 Å². The SMILES string of the molecule is CC/C=C\C/C=C\C/C=C\C/C=C\C/C=C\CCCCCCCCC(O)C(=O)NC(COC1OC(CO)C(O)C(O)C1OC(=O)CCCCCCC/C=C\C/C=C\C/C=C\C/C=C\C/C=C\CC)C(O)/C=C/CCCCCCCCCCCCC. The van der Waals surface area contributed by atoms with Crippen molar-refractivity contribution in [3.05, 3.63) is 134 Å². The summed E-state index contributed by atoms with van der Waals surface area (Å²) in [5, 5.41) is 57.2. The van der Waals surface area contributed by atoms with E-state index in [1.165, 1.54) is 51.4 Å². The molecule has 484 valence electrons. The number of aliphatic hydroxyl groups is 5. The van der Waals surface area contributed by atoms with Crippen molar-refractivity contribution >= 4 is 11.9 Å². The van der Waals surface area contributed by atoms with E-state index in [1.54, 1.807) is 6.08 Å². The van der Waals surface area contributed by atoms with E-state index in [4.69, 9.17) is 14.2 Å². The molecule has 0 aromatic rings. The van der Waals surface area contributed by atoms with Crippen LogP contribution < -0.4 is 5.32 Å². The lowest BCUT2D eigenvalue weighted by Gasteiger charge is -2.41. The molecule has 0 aromatic carbocycles. The number of amides is 1. The molecule has 0 aliphatic carbocycles. The number of carbonyl (C=O) groups excluding carboxylic acids is 2. The van der Waals surface area contributed by atoms with Crippen molar-refractivity contribution in [3.8, 4) is 0 Å². The van der Waals surface area contributed by atoms with Gasteiger partial charge in [-0.2, -0.15) is 0 Å². The first-order chi connectivity index (χ1) is 41.7. The summed E-state index contributed by atoms with van der Waals surface area (Å²) in [5.41, 5.74) is 0. The lowest BCUT2D eigenvalue weighted by molar-refractivity contribution is -0.305. The van der Waals surface area contributed by atoms with Crippen LogP contribution in [0.2, 0.25) is 0 Å². The molecule has 0 radical (unpaired) electrons. The highest BCUT2D eigenvalue weighted by Crippen LogP contribution is 2.26. The topological polar surface area (TPSA) is 175 Å². The molecule has 0 bridgehead atoms. The Kier molecular flexibility index (Phi) is 55.7. The van der Waals surface area contributed by atoms with Crippen LogP contribution >= 0.6 is 0 Å². The number of ether oxygens (including phenoxy) is 3. The number of rotatable bonds is 56. The number of carbonyl (C=O) groups is 2. The maximum atomic E-state index is 13.5. The summed E-state index contributed by atoms with van der Waals surface area (Å²) in [6, 6.07) is -1.05. The minimum absolute atomic E-state index is 0.0925. The Labute approximate surface area is 518 Å². The quantitative estimate of drug-likeness (QED) is 0.0195. The second-order valence-electron chi connectivity index (χ2n) is 22.8. The van der Waals surface area contributed by atoms with Crippen molar-refractivity contribution in [1.29, 1.82) is 0 Å². The molecule has 0 saturated carbocycles. The van der Waals surface area contributed by atoms with E-state index in [2.05, 4.69) is 148 Å². The Morgan fingerprint density at radius 3 is 1.27 bits per heavy atom. The summed E-state index contributed by atoms with van der Waals surface area (Å²) in [6.07, 6.45) is 74.7. The molecule has 1 aliphatic heterocycles. The van der Waals surface area contributed by atoms with Crippen LogP contribution in [0.15, 0.2) is 134 Å². The first kappa shape index (κ1) is 78.8. The molecule has 1 saturated heterocycles. The van der Waals surface area contributed by atoms with Gasteiger partial charge in [-0.1, -0.05) is 270 Å². The van der Waals surface area contributed by atoms with Crippen molar-refractivity contribution in [2.45, 2.75) is 307 Å². The molecule has 11 heteroatoms. The van der Waals surface area contributed by atoms with Gasteiger partial charge in [0.15, 0.2) is 12.4 Å². The average molecular weight is 1190 g/mol. The van der Waals surface area contributed by atoms with Crippen LogP contribution in [0.5, 0.6) is 0 Å². The van der Waals surface area contributed by atoms with Crippen molar-refractivity contribution < 1.29 is 49.3 Å². The standard InChI is InChI=1S/C74H123NO10/c1-4-7-10-13-16-19-22-25-27-29-31-33-35-36-38-40-43-46-49-52-55-58-61-67(78)73(82)75-65(66(77)60-57-54-51-48-45-42-24-21-18-15-12-9-6-3)64-83-74-72(71(81)70(80)68(63-76)84-74)85-69(79)62-59-56-53-50-47-44-41-39-37-34-32-30-28-26-23-20-17-14-11-8-5-2/h7-8,10-11,16-17,19-20,25-28,31-34,36,38-39,41,57,60,65-68,70-72,74,76-78,80-81H,4-6,9,12-15,18,21-24,29-30,35,37,40,42-56,58-59,61-64H2,1-3H3,(H,75,82)/b10-7-,11-8-,19-16-,20-17-,27-25-,28-26-,33-31-,34-32-,38-36-,41-39-,60-57+. The Hall–Kier alpha value is -4.20. The number of unbranched alkanes of at least 4 members (excludes halogenated alkanes) is 22. The van der Waals surface area contributed by atoms with Crippen LogP contribution in [0.3, 0.4) is 0 Å². The van der Waals surface area contributed by atoms with Crippen molar-refractivity contribution in [1.82, 2.24) is 5.32 Å². The molecule has 8 unspecified atom stereocenters. The van der Waals surface area contributed by atoms with E-state index in [-0.39, 0.29) is 19.4 Å². The Morgan fingerprint density at radius 2 is 0.847 bits per heavy atom. The van der Waals surface area contributed by atoms with E-state index in [0.29, 0.717) is 12.8 Å². The largest absolute Gasteiger partial charge is 0.454 e. The van der Waals surface area contributed by atoms with E-state index in [0.717, 1.165) is 161 Å². The summed E-state index contributed by atoms with van der Waals surface area (Å²) in [4.78, 5) is 26.7. The molecule has 1 fully saturated rings. The molecule has 0 aromatic heterocycles. The highest BCUT2D eigenvalue weighted by Gasteiger charge is 2.47. The monoisotopic (exact) mass is 1190 g/mol. The third-order valence-corrected chi connectivity index (χ3v) is 15.0. The van der Waals surface area contributed by atoms with Crippen LogP contribution in [0.25, 0.3) is 0 Å². The summed E-state index contributed by atoms with van der Waals surface area (Å²) >= 11 is 0. The lowest BCUT2D eigenvalue weighted by atomic mass is 9.99. The number of allylic oxidation sites excluding steroid dienone is 21. The van der Waals surface area contributed by atoms with Gasteiger partial charge in [0.1, 0.15) is 24.4 Å². The maximum Gasteiger partial charge on any atom is 0.306 e. The molecule has 8 atom stereocenters. The number of aliphatic hydroxyl groups excluding tert-OH is 5. The van der Waals surface area contributed by atoms with Gasteiger partial charge >= 0.3 is 5.97 Å². The average Bonchev–Trinajstić information content (AvgIpc) is 3.19. The fraction of sp³-hybridized carbons (Fsp3) is 0.676. The highest BCUT2D eigenvalue weighted by atomic mass is 16.7. The second kappa shape index (κ2) is 60.1. The zero-order chi connectivity index (χ0) is 61.7. The minimum Gasteiger partial charge on any atom is -0.454 e. The summed E-state index contributed by atoms with van der Waals surface area (Å²) in [7, 11) is 0. The number of nitrogens with one attached hydrogen (secondary N) is 1. The van der Waals surface area contributed by atoms with E-state index in [1.807, 2.05) is 6.08 Å². The van der Waals surface area contributed by atoms with Crippen molar-refractivity contribution in [2.24, 2.45) is 0 Å². The predicted molar refractivity (Wildman–Crippen MR) is 356 cm³/mol. The Morgan fingerprint density at radius 1 is 0.471 bits per heavy atom. The molecule has 1 aliphatic rings. The minimum atomic E-state index is -1.63. The van der Waals surface area contributed by atoms with Gasteiger partial charge in [-0.05, 0) is 116 Å². The normalized spacial score (nSPS) is 19.3. The van der Waals surface area contributed by atoms with Gasteiger partial charge in [0.2, 0.25) is 5.91 Å². The van der Waals surface area contributed by atoms with Gasteiger partial charge in [-0.25, -0.2) is 0 Å². The zero-order valence-electron chi connectivity index (χ0n) is 53.7. The second-order valence-corrected chi connectivity index (χ2v) is 22.8. The van der Waals surface area contributed by atoms with E-state index < -0.39 is 67.4 Å². The van der Waals surface area contributed by atoms with Gasteiger partial charge in [-0.15, -0.1) is 0 Å². The number of hydrogen-bond acceptors (Lipinski definition) is 10. The van der Waals surface area contributed by atoms with Gasteiger partial charge in [-0.3, -0.25) is 9.59 Å². The van der Waals surface area contributed by atoms with Crippen LogP contribution in [0, 0.1) is 0 Å². The number of esters is 1. The molecule has 1 rings (SSSR count). The van der Waals surface area contributed by atoms with Crippen LogP contribution in [0.1, 0.15) is 258 Å². The van der Waals surface area contributed by atoms with Crippen LogP contribution in [-0.4, -0.2) is 99.6 Å². The molecular formula is C74H123NO10. The molecular weight excluding hydrogens is 1060 g/mol. The fourth-order valence-corrected chi connectivity index (χ4v) is 9.76. The molecule has 1 amide bonds. The molecule has 6 N–H and O–H groups in total. The van der Waals surface area contributed by atoms with Crippen molar-refractivity contribution in [2.75, 3.05) is 13.2 Å².